The Morgan fingerprint density at radius 2 is 2.30 bits per heavy atom. The number of hydrogen-bond donors (Lipinski definition) is 1. The third-order valence-electron chi connectivity index (χ3n) is 3.80. The van der Waals surface area contributed by atoms with E-state index in [0.29, 0.717) is 12.5 Å². The van der Waals surface area contributed by atoms with E-state index >= 15 is 0 Å². The van der Waals surface area contributed by atoms with Gasteiger partial charge in [-0.25, -0.2) is 0 Å². The molecule has 1 fully saturated rings. The van der Waals surface area contributed by atoms with E-state index in [1.54, 1.807) is 0 Å². The SMILES string of the molecule is CCCOc1cccc(-c2nc(C3CNCCN3C)no2)c1.Cl. The van der Waals surface area contributed by atoms with Crippen molar-refractivity contribution < 1.29 is 9.26 Å². The number of hydrogen-bond acceptors (Lipinski definition) is 6. The van der Waals surface area contributed by atoms with Crippen molar-refractivity contribution in [2.24, 2.45) is 0 Å². The van der Waals surface area contributed by atoms with E-state index in [4.69, 9.17) is 9.26 Å². The summed E-state index contributed by atoms with van der Waals surface area (Å²) in [7, 11) is 2.08. The highest BCUT2D eigenvalue weighted by molar-refractivity contribution is 5.85. The molecule has 0 aliphatic carbocycles. The van der Waals surface area contributed by atoms with Gasteiger partial charge in [-0.05, 0) is 31.7 Å². The molecule has 2 heterocycles. The second-order valence-electron chi connectivity index (χ2n) is 5.53. The normalized spacial score (nSPS) is 18.4. The standard InChI is InChI=1S/C16H22N4O2.ClH/c1-3-9-21-13-6-4-5-12(10-13)16-18-15(19-22-16)14-11-17-7-8-20(14)2;/h4-6,10,14,17H,3,7-9,11H2,1-2H3;1H. The Hall–Kier alpha value is -1.63. The van der Waals surface area contributed by atoms with Gasteiger partial charge in [0.1, 0.15) is 5.75 Å². The fraction of sp³-hybridized carbons (Fsp3) is 0.500. The maximum Gasteiger partial charge on any atom is 0.258 e. The third kappa shape index (κ3) is 4.22. The lowest BCUT2D eigenvalue weighted by molar-refractivity contribution is 0.190. The molecule has 6 nitrogen and oxygen atoms in total. The molecule has 7 heteroatoms. The first-order valence-corrected chi connectivity index (χ1v) is 7.75. The van der Waals surface area contributed by atoms with Crippen molar-refractivity contribution in [3.05, 3.63) is 30.1 Å². The molecule has 1 aliphatic heterocycles. The van der Waals surface area contributed by atoms with Crippen LogP contribution in [0.5, 0.6) is 5.75 Å². The van der Waals surface area contributed by atoms with Gasteiger partial charge in [0, 0.05) is 25.2 Å². The van der Waals surface area contributed by atoms with Gasteiger partial charge in [-0.1, -0.05) is 18.1 Å². The maximum atomic E-state index is 5.65. The minimum absolute atomic E-state index is 0. The fourth-order valence-electron chi connectivity index (χ4n) is 2.52. The summed E-state index contributed by atoms with van der Waals surface area (Å²) in [5.41, 5.74) is 0.888. The van der Waals surface area contributed by atoms with Crippen LogP contribution in [-0.4, -0.2) is 48.3 Å². The van der Waals surface area contributed by atoms with Gasteiger partial charge in [-0.15, -0.1) is 12.4 Å². The lowest BCUT2D eigenvalue weighted by Gasteiger charge is -2.30. The van der Waals surface area contributed by atoms with E-state index in [1.165, 1.54) is 0 Å². The van der Waals surface area contributed by atoms with E-state index in [9.17, 15) is 0 Å². The summed E-state index contributed by atoms with van der Waals surface area (Å²) in [6.45, 7) is 5.61. The lowest BCUT2D eigenvalue weighted by Crippen LogP contribution is -2.44. The van der Waals surface area contributed by atoms with E-state index in [0.717, 1.165) is 43.2 Å². The van der Waals surface area contributed by atoms with Crippen LogP contribution in [0, 0.1) is 0 Å². The first-order valence-electron chi connectivity index (χ1n) is 7.75. The van der Waals surface area contributed by atoms with Gasteiger partial charge in [0.25, 0.3) is 5.89 Å². The summed E-state index contributed by atoms with van der Waals surface area (Å²) in [5, 5.41) is 7.51. The summed E-state index contributed by atoms with van der Waals surface area (Å²) in [5.74, 6) is 2.09. The molecule has 0 amide bonds. The maximum absolute atomic E-state index is 5.65. The van der Waals surface area contributed by atoms with Crippen LogP contribution in [0.2, 0.25) is 0 Å². The predicted octanol–water partition coefficient (Wildman–Crippen LogP) is 2.52. The van der Waals surface area contributed by atoms with Gasteiger partial charge >= 0.3 is 0 Å². The summed E-state index contributed by atoms with van der Waals surface area (Å²) in [6, 6.07) is 7.94. The van der Waals surface area contributed by atoms with E-state index < -0.39 is 0 Å². The minimum atomic E-state index is 0. The molecule has 0 bridgehead atoms. The zero-order valence-corrected chi connectivity index (χ0v) is 14.3. The highest BCUT2D eigenvalue weighted by atomic mass is 35.5. The van der Waals surface area contributed by atoms with Gasteiger partial charge < -0.3 is 14.6 Å². The lowest BCUT2D eigenvalue weighted by atomic mass is 10.2. The van der Waals surface area contributed by atoms with Crippen molar-refractivity contribution >= 4 is 12.4 Å². The number of ether oxygens (including phenoxy) is 1. The number of aromatic nitrogens is 2. The third-order valence-corrected chi connectivity index (χ3v) is 3.80. The summed E-state index contributed by atoms with van der Waals surface area (Å²) in [4.78, 5) is 6.80. The molecule has 0 spiro atoms. The number of halogens is 1. The van der Waals surface area contributed by atoms with Crippen LogP contribution >= 0.6 is 12.4 Å². The largest absolute Gasteiger partial charge is 0.494 e. The van der Waals surface area contributed by atoms with Crippen LogP contribution in [0.1, 0.15) is 25.2 Å². The molecule has 1 aromatic carbocycles. The molecule has 2 aromatic rings. The molecule has 1 unspecified atom stereocenters. The predicted molar refractivity (Wildman–Crippen MR) is 91.0 cm³/mol. The highest BCUT2D eigenvalue weighted by Gasteiger charge is 2.25. The Labute approximate surface area is 142 Å². The van der Waals surface area contributed by atoms with Crippen molar-refractivity contribution in [2.45, 2.75) is 19.4 Å². The van der Waals surface area contributed by atoms with Crippen LogP contribution in [-0.2, 0) is 0 Å². The smallest absolute Gasteiger partial charge is 0.258 e. The first-order chi connectivity index (χ1) is 10.8. The van der Waals surface area contributed by atoms with Gasteiger partial charge in [-0.3, -0.25) is 4.90 Å². The molecule has 1 atom stereocenters. The minimum Gasteiger partial charge on any atom is -0.494 e. The molecule has 1 N–H and O–H groups in total. The van der Waals surface area contributed by atoms with Crippen LogP contribution in [0.4, 0.5) is 0 Å². The Morgan fingerprint density at radius 3 is 3.09 bits per heavy atom. The van der Waals surface area contributed by atoms with Gasteiger partial charge in [0.15, 0.2) is 5.82 Å². The van der Waals surface area contributed by atoms with E-state index in [1.807, 2.05) is 24.3 Å². The summed E-state index contributed by atoms with van der Waals surface area (Å²) < 4.78 is 11.1. The Bertz CT molecular complexity index is 620. The van der Waals surface area contributed by atoms with Crippen LogP contribution in [0.3, 0.4) is 0 Å². The number of nitrogens with zero attached hydrogens (tertiary/aromatic N) is 3. The molecular formula is C16H23ClN4O2. The van der Waals surface area contributed by atoms with Crippen molar-refractivity contribution in [3.63, 3.8) is 0 Å². The van der Waals surface area contributed by atoms with Gasteiger partial charge in [0.05, 0.1) is 12.6 Å². The quantitative estimate of drug-likeness (QED) is 0.903. The van der Waals surface area contributed by atoms with Crippen LogP contribution < -0.4 is 10.1 Å². The average Bonchev–Trinajstić information content (AvgIpc) is 3.03. The van der Waals surface area contributed by atoms with Crippen LogP contribution in [0.15, 0.2) is 28.8 Å². The number of rotatable bonds is 5. The fourth-order valence-corrected chi connectivity index (χ4v) is 2.52. The van der Waals surface area contributed by atoms with E-state index in [2.05, 4.69) is 34.3 Å². The zero-order valence-electron chi connectivity index (χ0n) is 13.5. The molecule has 1 aromatic heterocycles. The van der Waals surface area contributed by atoms with Gasteiger partial charge in [-0.2, -0.15) is 4.98 Å². The molecule has 3 rings (SSSR count). The first kappa shape index (κ1) is 17.7. The Balaban J connectivity index is 0.00000192. The molecule has 0 radical (unpaired) electrons. The molecule has 1 saturated heterocycles. The van der Waals surface area contributed by atoms with Crippen molar-refractivity contribution in [2.75, 3.05) is 33.3 Å². The highest BCUT2D eigenvalue weighted by Crippen LogP contribution is 2.25. The van der Waals surface area contributed by atoms with E-state index in [-0.39, 0.29) is 18.4 Å². The molecular weight excluding hydrogens is 316 g/mol. The molecule has 126 valence electrons. The number of nitrogens with one attached hydrogen (secondary N) is 1. The zero-order chi connectivity index (χ0) is 15.4. The second kappa shape index (κ2) is 8.29. The van der Waals surface area contributed by atoms with Crippen molar-refractivity contribution in [3.8, 4) is 17.2 Å². The number of benzene rings is 1. The molecule has 1 aliphatic rings. The van der Waals surface area contributed by atoms with Crippen molar-refractivity contribution in [1.29, 1.82) is 0 Å². The number of likely N-dealkylation sites (N-methyl/N-ethyl adjacent to an activating group) is 1. The Morgan fingerprint density at radius 1 is 1.43 bits per heavy atom. The number of piperazine rings is 1. The molecule has 0 saturated carbocycles. The monoisotopic (exact) mass is 338 g/mol. The summed E-state index contributed by atoms with van der Waals surface area (Å²) in [6.07, 6.45) is 0.982. The topological polar surface area (TPSA) is 63.4 Å². The Kier molecular flexibility index (Phi) is 6.38. The van der Waals surface area contributed by atoms with Crippen LogP contribution in [0.25, 0.3) is 11.5 Å². The average molecular weight is 339 g/mol. The van der Waals surface area contributed by atoms with Gasteiger partial charge in [0.2, 0.25) is 0 Å². The van der Waals surface area contributed by atoms with Crippen molar-refractivity contribution in [1.82, 2.24) is 20.4 Å². The second-order valence-corrected chi connectivity index (χ2v) is 5.53. The summed E-state index contributed by atoms with van der Waals surface area (Å²) >= 11 is 0. The molecule has 23 heavy (non-hydrogen) atoms.